The van der Waals surface area contributed by atoms with E-state index in [-0.39, 0.29) is 5.92 Å². The van der Waals surface area contributed by atoms with Gasteiger partial charge in [0.15, 0.2) is 0 Å². The van der Waals surface area contributed by atoms with Crippen molar-refractivity contribution in [3.63, 3.8) is 0 Å². The van der Waals surface area contributed by atoms with Gasteiger partial charge >= 0.3 is 12.0 Å². The highest BCUT2D eigenvalue weighted by molar-refractivity contribution is 6.01. The van der Waals surface area contributed by atoms with Crippen LogP contribution in [0.3, 0.4) is 0 Å². The third-order valence-electron chi connectivity index (χ3n) is 5.27. The lowest BCUT2D eigenvalue weighted by molar-refractivity contribution is -0.147. The highest BCUT2D eigenvalue weighted by Crippen LogP contribution is 2.50. The molecule has 0 spiro atoms. The van der Waals surface area contributed by atoms with Crippen LogP contribution < -0.4 is 15.4 Å². The normalized spacial score (nSPS) is 17.3. The van der Waals surface area contributed by atoms with Crippen LogP contribution in [0.4, 0.5) is 16.2 Å². The van der Waals surface area contributed by atoms with E-state index in [4.69, 9.17) is 15.2 Å². The van der Waals surface area contributed by atoms with Crippen molar-refractivity contribution in [3.8, 4) is 5.75 Å². The van der Waals surface area contributed by atoms with E-state index in [2.05, 4.69) is 0 Å². The summed E-state index contributed by atoms with van der Waals surface area (Å²) in [5, 5.41) is 0. The Bertz CT molecular complexity index is 1110. The van der Waals surface area contributed by atoms with Crippen molar-refractivity contribution in [1.29, 1.82) is 0 Å². The van der Waals surface area contributed by atoms with Gasteiger partial charge in [0.2, 0.25) is 0 Å². The molecule has 3 aromatic rings. The van der Waals surface area contributed by atoms with E-state index < -0.39 is 18.1 Å². The maximum absolute atomic E-state index is 12.5. The van der Waals surface area contributed by atoms with Gasteiger partial charge in [0.25, 0.3) is 0 Å². The molecule has 0 radical (unpaired) electrons. The second-order valence-electron chi connectivity index (χ2n) is 7.08. The van der Waals surface area contributed by atoms with Crippen LogP contribution >= 0.6 is 0 Å². The molecule has 0 fully saturated rings. The Balaban J connectivity index is 2.06. The first-order valence-corrected chi connectivity index (χ1v) is 9.60. The van der Waals surface area contributed by atoms with Crippen LogP contribution in [-0.4, -0.2) is 19.1 Å². The molecule has 1 aliphatic rings. The number of nitrogens with zero attached hydrogens (tertiary/aromatic N) is 1. The number of hydrogen-bond acceptors (Lipinski definition) is 4. The van der Waals surface area contributed by atoms with Gasteiger partial charge in [0.1, 0.15) is 11.9 Å². The molecule has 0 saturated heterocycles. The van der Waals surface area contributed by atoms with E-state index in [9.17, 15) is 9.59 Å². The molecule has 0 saturated carbocycles. The molecular weight excluding hydrogens is 380 g/mol. The molecule has 30 heavy (non-hydrogen) atoms. The van der Waals surface area contributed by atoms with Crippen molar-refractivity contribution < 1.29 is 19.1 Å². The van der Waals surface area contributed by atoms with Crippen LogP contribution in [0.2, 0.25) is 0 Å². The van der Waals surface area contributed by atoms with Gasteiger partial charge in [-0.05, 0) is 35.4 Å². The number of urea groups is 1. The third-order valence-corrected chi connectivity index (χ3v) is 5.27. The zero-order chi connectivity index (χ0) is 21.3. The minimum Gasteiger partial charge on any atom is -0.497 e. The number of primary amides is 1. The number of ether oxygens (including phenoxy) is 2. The summed E-state index contributed by atoms with van der Waals surface area (Å²) in [7, 11) is 1.60. The number of hydrogen-bond donors (Lipinski definition) is 1. The lowest BCUT2D eigenvalue weighted by Crippen LogP contribution is -2.32. The fraction of sp³-hybridized carbons (Fsp3) is 0.167. The maximum atomic E-state index is 12.5. The zero-order valence-corrected chi connectivity index (χ0v) is 16.7. The Kier molecular flexibility index (Phi) is 5.14. The summed E-state index contributed by atoms with van der Waals surface area (Å²) in [6, 6.07) is 21.9. The molecule has 0 aromatic heterocycles. The zero-order valence-electron chi connectivity index (χ0n) is 16.7. The molecule has 6 nitrogen and oxygen atoms in total. The lowest BCUT2D eigenvalue weighted by Gasteiger charge is -2.27. The average molecular weight is 402 g/mol. The smallest absolute Gasteiger partial charge is 0.323 e. The van der Waals surface area contributed by atoms with E-state index in [0.717, 1.165) is 11.1 Å². The Labute approximate surface area is 174 Å². The van der Waals surface area contributed by atoms with E-state index in [1.807, 2.05) is 66.7 Å². The predicted octanol–water partition coefficient (Wildman–Crippen LogP) is 4.66. The van der Waals surface area contributed by atoms with Crippen molar-refractivity contribution in [2.24, 2.45) is 5.73 Å². The summed E-state index contributed by atoms with van der Waals surface area (Å²) in [5.74, 6) is -0.0887. The molecule has 2 N–H and O–H groups in total. The number of para-hydroxylation sites is 2. The topological polar surface area (TPSA) is 81.9 Å². The Hall–Kier alpha value is -3.80. The highest BCUT2D eigenvalue weighted by Gasteiger charge is 2.38. The van der Waals surface area contributed by atoms with Crippen LogP contribution in [-0.2, 0) is 9.53 Å². The molecule has 0 aliphatic carbocycles. The number of carbonyl (C=O) groups excluding carboxylic acids is 2. The summed E-state index contributed by atoms with van der Waals surface area (Å²) in [6.45, 7) is 1.38. The number of carbonyl (C=O) groups is 2. The number of benzene rings is 3. The first-order valence-electron chi connectivity index (χ1n) is 9.60. The summed E-state index contributed by atoms with van der Waals surface area (Å²) < 4.78 is 11.3. The van der Waals surface area contributed by atoms with Crippen LogP contribution in [0.15, 0.2) is 72.8 Å². The number of nitrogens with two attached hydrogens (primary N) is 1. The van der Waals surface area contributed by atoms with Crippen LogP contribution in [0.25, 0.3) is 0 Å². The third kappa shape index (κ3) is 3.37. The highest BCUT2D eigenvalue weighted by atomic mass is 16.5. The van der Waals surface area contributed by atoms with Gasteiger partial charge in [-0.25, -0.2) is 4.79 Å². The van der Waals surface area contributed by atoms with E-state index in [0.29, 0.717) is 22.7 Å². The summed E-state index contributed by atoms with van der Waals surface area (Å²) in [4.78, 5) is 26.1. The molecule has 152 valence electrons. The summed E-state index contributed by atoms with van der Waals surface area (Å²) >= 11 is 0. The van der Waals surface area contributed by atoms with Crippen molar-refractivity contribution in [2.75, 3.05) is 12.0 Å². The number of rotatable bonds is 3. The Morgan fingerprint density at radius 2 is 1.53 bits per heavy atom. The molecule has 0 bridgehead atoms. The maximum Gasteiger partial charge on any atom is 0.323 e. The van der Waals surface area contributed by atoms with Crippen LogP contribution in [0.1, 0.15) is 35.6 Å². The van der Waals surface area contributed by atoms with Gasteiger partial charge < -0.3 is 15.2 Å². The van der Waals surface area contributed by atoms with Crippen molar-refractivity contribution in [3.05, 3.63) is 89.5 Å². The second kappa shape index (κ2) is 7.91. The molecule has 2 atom stereocenters. The van der Waals surface area contributed by atoms with Gasteiger partial charge in [0.05, 0.1) is 24.4 Å². The van der Waals surface area contributed by atoms with Gasteiger partial charge in [-0.3, -0.25) is 9.69 Å². The van der Waals surface area contributed by atoms with Crippen molar-refractivity contribution in [1.82, 2.24) is 0 Å². The number of esters is 1. The molecular formula is C24H22N2O4. The van der Waals surface area contributed by atoms with Gasteiger partial charge in [-0.1, -0.05) is 48.5 Å². The first-order chi connectivity index (χ1) is 14.5. The second-order valence-corrected chi connectivity index (χ2v) is 7.08. The molecule has 1 aliphatic heterocycles. The van der Waals surface area contributed by atoms with Gasteiger partial charge in [-0.15, -0.1) is 0 Å². The van der Waals surface area contributed by atoms with Gasteiger partial charge in [0, 0.05) is 12.5 Å². The monoisotopic (exact) mass is 402 g/mol. The van der Waals surface area contributed by atoms with E-state index in [1.54, 1.807) is 13.2 Å². The fourth-order valence-electron chi connectivity index (χ4n) is 4.10. The van der Waals surface area contributed by atoms with E-state index >= 15 is 0 Å². The van der Waals surface area contributed by atoms with E-state index in [1.165, 1.54) is 11.8 Å². The fourth-order valence-corrected chi connectivity index (χ4v) is 4.10. The molecule has 2 unspecified atom stereocenters. The average Bonchev–Trinajstić information content (AvgIpc) is 2.86. The lowest BCUT2D eigenvalue weighted by atomic mass is 9.83. The van der Waals surface area contributed by atoms with Gasteiger partial charge in [-0.2, -0.15) is 0 Å². The minimum absolute atomic E-state index is 0.370. The molecule has 1 heterocycles. The standard InChI is InChI=1S/C24H22N2O4/c1-15(27)30-23-19-11-4-6-13-21(19)26(24(25)28)20-12-5-3-10-18(20)22(23)16-8-7-9-17(14-16)29-2/h3-14,22-23H,1-2H3,(H2,25,28). The molecule has 4 rings (SSSR count). The molecule has 6 heteroatoms. The van der Waals surface area contributed by atoms with Crippen LogP contribution in [0, 0.1) is 0 Å². The summed E-state index contributed by atoms with van der Waals surface area (Å²) in [6.07, 6.45) is -0.656. The number of methoxy groups -OCH3 is 1. The van der Waals surface area contributed by atoms with Crippen LogP contribution in [0.5, 0.6) is 5.75 Å². The SMILES string of the molecule is COc1cccc(C2c3ccccc3N(C(N)=O)c3ccccc3C2OC(C)=O)c1. The number of anilines is 2. The number of amides is 2. The quantitative estimate of drug-likeness (QED) is 0.646. The summed E-state index contributed by atoms with van der Waals surface area (Å²) in [5.41, 5.74) is 9.47. The number of fused-ring (bicyclic) bond motifs is 2. The Morgan fingerprint density at radius 3 is 2.17 bits per heavy atom. The molecule has 2 amide bonds. The van der Waals surface area contributed by atoms with Crippen molar-refractivity contribution >= 4 is 23.4 Å². The predicted molar refractivity (Wildman–Crippen MR) is 114 cm³/mol. The van der Waals surface area contributed by atoms with Crippen molar-refractivity contribution in [2.45, 2.75) is 18.9 Å². The largest absolute Gasteiger partial charge is 0.497 e. The first kappa shape index (κ1) is 19.5. The Morgan fingerprint density at radius 1 is 0.900 bits per heavy atom. The molecule has 3 aromatic carbocycles. The minimum atomic E-state index is -0.656.